The number of likely N-dealkylation sites (tertiary alicyclic amines) is 1. The second kappa shape index (κ2) is 3.79. The van der Waals surface area contributed by atoms with Gasteiger partial charge < -0.3 is 10.6 Å². The Morgan fingerprint density at radius 2 is 1.71 bits per heavy atom. The Morgan fingerprint density at radius 3 is 2.21 bits per heavy atom. The van der Waals surface area contributed by atoms with Crippen LogP contribution in [0.1, 0.15) is 19.3 Å². The Balaban J connectivity index is 2.04. The zero-order valence-corrected chi connectivity index (χ0v) is 9.35. The summed E-state index contributed by atoms with van der Waals surface area (Å²) in [6, 6.07) is 0.397. The molecule has 0 amide bonds. The average molecular weight is 220 g/mol. The molecule has 2 heterocycles. The predicted molar refractivity (Wildman–Crippen MR) is 53.7 cm³/mol. The van der Waals surface area contributed by atoms with Crippen molar-refractivity contribution >= 4 is 9.84 Å². The average Bonchev–Trinajstić information content (AvgIpc) is 2.41. The molecule has 0 saturated carbocycles. The summed E-state index contributed by atoms with van der Waals surface area (Å²) in [5.41, 5.74) is 3.99. The van der Waals surface area contributed by atoms with E-state index in [1.54, 1.807) is 0 Å². The molecule has 5 heteroatoms. The topological polar surface area (TPSA) is 66.2 Å². The second-order valence-corrected chi connectivity index (χ2v) is 6.82. The minimum Gasteiger partial charge on any atom is -0.349 e. The van der Waals surface area contributed by atoms with Crippen molar-refractivity contribution in [1.29, 1.82) is 0 Å². The van der Waals surface area contributed by atoms with Gasteiger partial charge >= 0.3 is 0 Å². The summed E-state index contributed by atoms with van der Waals surface area (Å²) >= 11 is 0. The summed E-state index contributed by atoms with van der Waals surface area (Å²) in [5, 5.41) is 0. The highest BCUT2D eigenvalue weighted by Crippen LogP contribution is 2.08. The van der Waals surface area contributed by atoms with Gasteiger partial charge in [0.05, 0.1) is 13.1 Å². The Kier molecular flexibility index (Phi) is 2.81. The zero-order valence-electron chi connectivity index (χ0n) is 8.54. The van der Waals surface area contributed by atoms with Crippen molar-refractivity contribution in [3.8, 4) is 0 Å². The highest BCUT2D eigenvalue weighted by Gasteiger charge is 2.44. The maximum Gasteiger partial charge on any atom is 0.162 e. The van der Waals surface area contributed by atoms with Crippen molar-refractivity contribution in [2.24, 2.45) is 0 Å². The fourth-order valence-corrected chi connectivity index (χ4v) is 4.82. The van der Waals surface area contributed by atoms with Crippen molar-refractivity contribution in [3.63, 3.8) is 0 Å². The lowest BCUT2D eigenvalue weighted by Gasteiger charge is -2.29. The van der Waals surface area contributed by atoms with Crippen LogP contribution in [0, 0.1) is 0 Å². The standard InChI is InChI=1S/C9H18N2O2S/c10-8-6-14(12,13)7-9(8)11-4-2-1-3-5-11/h8-9H,1-7,10H2/p+2/t8-,9+/m0/s1. The van der Waals surface area contributed by atoms with Gasteiger partial charge in [0.15, 0.2) is 21.9 Å². The van der Waals surface area contributed by atoms with E-state index < -0.39 is 9.84 Å². The third-order valence-corrected chi connectivity index (χ3v) is 5.29. The molecule has 0 aromatic heterocycles. The van der Waals surface area contributed by atoms with Gasteiger partial charge in [-0.2, -0.15) is 0 Å². The quantitative estimate of drug-likeness (QED) is 0.511. The normalized spacial score (nSPS) is 38.6. The molecule has 2 rings (SSSR count). The molecule has 2 saturated heterocycles. The lowest BCUT2D eigenvalue weighted by molar-refractivity contribution is -0.936. The van der Waals surface area contributed by atoms with Gasteiger partial charge in [-0.05, 0) is 19.3 Å². The van der Waals surface area contributed by atoms with Crippen molar-refractivity contribution in [3.05, 3.63) is 0 Å². The Morgan fingerprint density at radius 1 is 1.07 bits per heavy atom. The Bertz CT molecular complexity index is 296. The molecule has 0 aliphatic carbocycles. The number of nitrogens with one attached hydrogen (secondary N) is 1. The molecule has 2 atom stereocenters. The van der Waals surface area contributed by atoms with Crippen LogP contribution in [-0.2, 0) is 9.84 Å². The van der Waals surface area contributed by atoms with E-state index in [1.807, 2.05) is 0 Å². The van der Waals surface area contributed by atoms with E-state index >= 15 is 0 Å². The molecule has 0 spiro atoms. The number of rotatable bonds is 1. The maximum atomic E-state index is 11.4. The van der Waals surface area contributed by atoms with Gasteiger partial charge in [-0.25, -0.2) is 8.42 Å². The SMILES string of the molecule is [NH3+][C@H]1CS(=O)(=O)C[C@H]1[NH+]1CCCCC1. The van der Waals surface area contributed by atoms with E-state index in [0.717, 1.165) is 13.1 Å². The highest BCUT2D eigenvalue weighted by atomic mass is 32.2. The first-order chi connectivity index (χ1) is 6.58. The minimum atomic E-state index is -2.78. The summed E-state index contributed by atoms with van der Waals surface area (Å²) in [5.74, 6) is 0.678. The first-order valence-corrected chi connectivity index (χ1v) is 7.29. The maximum absolute atomic E-state index is 11.4. The van der Waals surface area contributed by atoms with Crippen LogP contribution in [-0.4, -0.2) is 45.1 Å². The van der Waals surface area contributed by atoms with Crippen LogP contribution in [0.3, 0.4) is 0 Å². The molecule has 4 N–H and O–H groups in total. The molecule has 0 aromatic carbocycles. The fourth-order valence-electron chi connectivity index (χ4n) is 2.75. The molecule has 4 nitrogen and oxygen atoms in total. The molecule has 0 unspecified atom stereocenters. The summed E-state index contributed by atoms with van der Waals surface area (Å²) in [6.45, 7) is 2.29. The number of hydrogen-bond acceptors (Lipinski definition) is 2. The largest absolute Gasteiger partial charge is 0.349 e. The lowest BCUT2D eigenvalue weighted by atomic mass is 10.1. The predicted octanol–water partition coefficient (Wildman–Crippen LogP) is -2.54. The van der Waals surface area contributed by atoms with Gasteiger partial charge in [0.1, 0.15) is 11.5 Å². The van der Waals surface area contributed by atoms with Crippen LogP contribution in [0.25, 0.3) is 0 Å². The van der Waals surface area contributed by atoms with E-state index in [4.69, 9.17) is 0 Å². The van der Waals surface area contributed by atoms with Gasteiger partial charge in [-0.1, -0.05) is 0 Å². The molecular weight excluding hydrogens is 200 g/mol. The number of quaternary nitrogens is 2. The fraction of sp³-hybridized carbons (Fsp3) is 1.00. The van der Waals surface area contributed by atoms with Crippen molar-refractivity contribution in [2.45, 2.75) is 31.3 Å². The van der Waals surface area contributed by atoms with E-state index in [9.17, 15) is 8.42 Å². The van der Waals surface area contributed by atoms with Crippen LogP contribution >= 0.6 is 0 Å². The van der Waals surface area contributed by atoms with Gasteiger partial charge in [-0.3, -0.25) is 0 Å². The molecule has 14 heavy (non-hydrogen) atoms. The molecule has 0 aromatic rings. The molecule has 2 aliphatic rings. The van der Waals surface area contributed by atoms with Crippen molar-refractivity contribution < 1.29 is 19.1 Å². The Labute approximate surface area is 85.4 Å². The van der Waals surface area contributed by atoms with Crippen LogP contribution in [0.5, 0.6) is 0 Å². The van der Waals surface area contributed by atoms with E-state index in [0.29, 0.717) is 11.5 Å². The molecule has 0 radical (unpaired) electrons. The third kappa shape index (κ3) is 2.10. The first kappa shape index (κ1) is 10.4. The van der Waals surface area contributed by atoms with Crippen molar-refractivity contribution in [1.82, 2.24) is 0 Å². The first-order valence-electron chi connectivity index (χ1n) is 5.46. The lowest BCUT2D eigenvalue weighted by Crippen LogP contribution is -3.19. The van der Waals surface area contributed by atoms with Crippen LogP contribution in [0.2, 0.25) is 0 Å². The minimum absolute atomic E-state index is 0.119. The van der Waals surface area contributed by atoms with E-state index in [2.05, 4.69) is 5.73 Å². The van der Waals surface area contributed by atoms with Gasteiger partial charge in [-0.15, -0.1) is 0 Å². The summed E-state index contributed by atoms with van der Waals surface area (Å²) in [6.07, 6.45) is 3.81. The van der Waals surface area contributed by atoms with Gasteiger partial charge in [0, 0.05) is 0 Å². The van der Waals surface area contributed by atoms with Crippen molar-refractivity contribution in [2.75, 3.05) is 24.6 Å². The zero-order chi connectivity index (χ0) is 10.2. The smallest absolute Gasteiger partial charge is 0.162 e. The second-order valence-electron chi connectivity index (χ2n) is 4.66. The summed E-state index contributed by atoms with van der Waals surface area (Å²) < 4.78 is 22.9. The van der Waals surface area contributed by atoms with Crippen LogP contribution in [0.15, 0.2) is 0 Å². The summed E-state index contributed by atoms with van der Waals surface area (Å²) in [7, 11) is -2.78. The van der Waals surface area contributed by atoms with Crippen LogP contribution < -0.4 is 10.6 Å². The molecule has 82 valence electrons. The monoisotopic (exact) mass is 220 g/mol. The number of sulfone groups is 1. The van der Waals surface area contributed by atoms with Gasteiger partial charge in [0.2, 0.25) is 0 Å². The number of hydrogen-bond donors (Lipinski definition) is 2. The number of piperidine rings is 1. The van der Waals surface area contributed by atoms with E-state index in [1.165, 1.54) is 24.2 Å². The van der Waals surface area contributed by atoms with Crippen LogP contribution in [0.4, 0.5) is 0 Å². The third-order valence-electron chi connectivity index (χ3n) is 3.49. The molecular formula is C9H20N2O2S+2. The Hall–Kier alpha value is -0.130. The molecule has 2 aliphatic heterocycles. The van der Waals surface area contributed by atoms with Gasteiger partial charge in [0.25, 0.3) is 0 Å². The molecule has 0 bridgehead atoms. The van der Waals surface area contributed by atoms with E-state index in [-0.39, 0.29) is 12.1 Å². The molecule has 2 fully saturated rings. The highest BCUT2D eigenvalue weighted by molar-refractivity contribution is 7.91. The summed E-state index contributed by atoms with van der Waals surface area (Å²) in [4.78, 5) is 1.48.